The van der Waals surface area contributed by atoms with Gasteiger partial charge in [-0.2, -0.15) is 0 Å². The third-order valence-electron chi connectivity index (χ3n) is 5.28. The molecule has 20 heavy (non-hydrogen) atoms. The maximum atomic E-state index is 12.1. The van der Waals surface area contributed by atoms with Crippen molar-refractivity contribution < 1.29 is 4.79 Å². The van der Waals surface area contributed by atoms with E-state index < -0.39 is 0 Å². The molecule has 1 atom stereocenters. The maximum Gasteiger partial charge on any atom is 0.220 e. The van der Waals surface area contributed by atoms with E-state index in [-0.39, 0.29) is 5.91 Å². The molecule has 1 unspecified atom stereocenters. The number of carbonyl (C=O) groups is 1. The molecule has 0 aromatic carbocycles. The second kappa shape index (κ2) is 7.44. The zero-order chi connectivity index (χ0) is 14.4. The summed E-state index contributed by atoms with van der Waals surface area (Å²) in [6.07, 6.45) is 11.1. The van der Waals surface area contributed by atoms with Gasteiger partial charge in [0, 0.05) is 19.0 Å². The average Bonchev–Trinajstić information content (AvgIpc) is 2.65. The van der Waals surface area contributed by atoms with Gasteiger partial charge in [-0.15, -0.1) is 0 Å². The summed E-state index contributed by atoms with van der Waals surface area (Å²) in [5, 5.41) is 6.74. The molecule has 2 aliphatic rings. The van der Waals surface area contributed by atoms with Crippen molar-refractivity contribution in [3.63, 3.8) is 0 Å². The van der Waals surface area contributed by atoms with E-state index in [0.29, 0.717) is 17.4 Å². The van der Waals surface area contributed by atoms with Gasteiger partial charge in [0.2, 0.25) is 5.91 Å². The predicted octanol–water partition coefficient (Wildman–Crippen LogP) is 3.24. The van der Waals surface area contributed by atoms with Gasteiger partial charge >= 0.3 is 0 Å². The Morgan fingerprint density at radius 2 is 1.85 bits per heavy atom. The van der Waals surface area contributed by atoms with Crippen LogP contribution in [0.4, 0.5) is 0 Å². The lowest BCUT2D eigenvalue weighted by Crippen LogP contribution is -2.52. The SMILES string of the molecule is CC1(C)CCCNC1CNC(=O)CC1CCCCCC1. The molecule has 1 heterocycles. The van der Waals surface area contributed by atoms with Crippen molar-refractivity contribution in [1.82, 2.24) is 10.6 Å². The zero-order valence-electron chi connectivity index (χ0n) is 13.3. The van der Waals surface area contributed by atoms with E-state index >= 15 is 0 Å². The van der Waals surface area contributed by atoms with Gasteiger partial charge in [0.25, 0.3) is 0 Å². The predicted molar refractivity (Wildman–Crippen MR) is 83.6 cm³/mol. The molecule has 1 saturated carbocycles. The van der Waals surface area contributed by atoms with E-state index in [1.54, 1.807) is 0 Å². The van der Waals surface area contributed by atoms with Crippen LogP contribution in [0.3, 0.4) is 0 Å². The lowest BCUT2D eigenvalue weighted by Gasteiger charge is -2.39. The first kappa shape index (κ1) is 15.8. The molecular weight excluding hydrogens is 248 g/mol. The summed E-state index contributed by atoms with van der Waals surface area (Å²) in [6.45, 7) is 6.49. The Morgan fingerprint density at radius 3 is 2.50 bits per heavy atom. The van der Waals surface area contributed by atoms with Crippen LogP contribution in [0.15, 0.2) is 0 Å². The number of hydrogen-bond acceptors (Lipinski definition) is 2. The van der Waals surface area contributed by atoms with Crippen molar-refractivity contribution in [3.05, 3.63) is 0 Å². The van der Waals surface area contributed by atoms with Crippen LogP contribution in [0, 0.1) is 11.3 Å². The Labute approximate surface area is 124 Å². The first-order valence-corrected chi connectivity index (χ1v) is 8.58. The number of amides is 1. The largest absolute Gasteiger partial charge is 0.355 e. The summed E-state index contributed by atoms with van der Waals surface area (Å²) in [4.78, 5) is 12.1. The lowest BCUT2D eigenvalue weighted by molar-refractivity contribution is -0.122. The maximum absolute atomic E-state index is 12.1. The Bertz CT molecular complexity index is 306. The average molecular weight is 280 g/mol. The van der Waals surface area contributed by atoms with Gasteiger partial charge in [0.1, 0.15) is 0 Å². The summed E-state index contributed by atoms with van der Waals surface area (Å²) in [5.41, 5.74) is 0.299. The minimum absolute atomic E-state index is 0.264. The summed E-state index contributed by atoms with van der Waals surface area (Å²) >= 11 is 0. The number of piperidine rings is 1. The van der Waals surface area contributed by atoms with E-state index in [9.17, 15) is 4.79 Å². The number of hydrogen-bond donors (Lipinski definition) is 2. The van der Waals surface area contributed by atoms with Crippen LogP contribution in [-0.4, -0.2) is 25.0 Å². The first-order valence-electron chi connectivity index (χ1n) is 8.58. The van der Waals surface area contributed by atoms with Crippen molar-refractivity contribution in [2.24, 2.45) is 11.3 Å². The molecule has 1 saturated heterocycles. The number of nitrogens with one attached hydrogen (secondary N) is 2. The van der Waals surface area contributed by atoms with Gasteiger partial charge in [0.05, 0.1) is 0 Å². The fourth-order valence-electron chi connectivity index (χ4n) is 3.74. The fraction of sp³-hybridized carbons (Fsp3) is 0.941. The van der Waals surface area contributed by atoms with Crippen LogP contribution < -0.4 is 10.6 Å². The molecule has 3 nitrogen and oxygen atoms in total. The van der Waals surface area contributed by atoms with Crippen LogP contribution in [0.1, 0.15) is 71.6 Å². The van der Waals surface area contributed by atoms with Crippen LogP contribution >= 0.6 is 0 Å². The topological polar surface area (TPSA) is 41.1 Å². The normalized spacial score (nSPS) is 27.8. The highest BCUT2D eigenvalue weighted by molar-refractivity contribution is 5.76. The highest BCUT2D eigenvalue weighted by atomic mass is 16.1. The number of carbonyl (C=O) groups excluding carboxylic acids is 1. The van der Waals surface area contributed by atoms with Gasteiger partial charge in [-0.1, -0.05) is 39.5 Å². The Hall–Kier alpha value is -0.570. The number of rotatable bonds is 4. The van der Waals surface area contributed by atoms with E-state index in [1.807, 2.05) is 0 Å². The van der Waals surface area contributed by atoms with Crippen LogP contribution in [0.25, 0.3) is 0 Å². The second-order valence-electron chi connectivity index (χ2n) is 7.46. The minimum atomic E-state index is 0.264. The van der Waals surface area contributed by atoms with Crippen molar-refractivity contribution in [2.45, 2.75) is 77.7 Å². The third kappa shape index (κ3) is 4.76. The smallest absolute Gasteiger partial charge is 0.220 e. The van der Waals surface area contributed by atoms with Crippen LogP contribution in [0.5, 0.6) is 0 Å². The molecule has 1 amide bonds. The third-order valence-corrected chi connectivity index (χ3v) is 5.28. The molecule has 2 rings (SSSR count). The van der Waals surface area contributed by atoms with Crippen molar-refractivity contribution in [2.75, 3.05) is 13.1 Å². The standard InChI is InChI=1S/C17H32N2O/c1-17(2)10-7-11-18-15(17)13-19-16(20)12-14-8-5-3-4-6-9-14/h14-15,18H,3-13H2,1-2H3,(H,19,20). The van der Waals surface area contributed by atoms with Crippen LogP contribution in [-0.2, 0) is 4.79 Å². The van der Waals surface area contributed by atoms with Crippen LogP contribution in [0.2, 0.25) is 0 Å². The quantitative estimate of drug-likeness (QED) is 0.776. The van der Waals surface area contributed by atoms with Gasteiger partial charge in [-0.3, -0.25) is 4.79 Å². The van der Waals surface area contributed by atoms with Crippen molar-refractivity contribution in [3.8, 4) is 0 Å². The van der Waals surface area contributed by atoms with Crippen molar-refractivity contribution in [1.29, 1.82) is 0 Å². The van der Waals surface area contributed by atoms with Gasteiger partial charge in [-0.25, -0.2) is 0 Å². The fourth-order valence-corrected chi connectivity index (χ4v) is 3.74. The van der Waals surface area contributed by atoms with E-state index in [1.165, 1.54) is 51.4 Å². The lowest BCUT2D eigenvalue weighted by atomic mass is 9.77. The van der Waals surface area contributed by atoms with E-state index in [2.05, 4.69) is 24.5 Å². The second-order valence-corrected chi connectivity index (χ2v) is 7.46. The highest BCUT2D eigenvalue weighted by Crippen LogP contribution is 2.30. The molecule has 0 bridgehead atoms. The molecular formula is C17H32N2O. The van der Waals surface area contributed by atoms with E-state index in [0.717, 1.165) is 19.5 Å². The molecule has 0 aromatic rings. The first-order chi connectivity index (χ1) is 9.58. The Kier molecular flexibility index (Phi) is 5.88. The molecule has 3 heteroatoms. The molecule has 2 fully saturated rings. The van der Waals surface area contributed by atoms with Gasteiger partial charge < -0.3 is 10.6 Å². The monoisotopic (exact) mass is 280 g/mol. The molecule has 1 aliphatic carbocycles. The highest BCUT2D eigenvalue weighted by Gasteiger charge is 2.32. The summed E-state index contributed by atoms with van der Waals surface area (Å²) in [5.74, 6) is 0.893. The Morgan fingerprint density at radius 1 is 1.15 bits per heavy atom. The van der Waals surface area contributed by atoms with Crippen molar-refractivity contribution >= 4 is 5.91 Å². The molecule has 116 valence electrons. The minimum Gasteiger partial charge on any atom is -0.355 e. The summed E-state index contributed by atoms with van der Waals surface area (Å²) < 4.78 is 0. The summed E-state index contributed by atoms with van der Waals surface area (Å²) in [7, 11) is 0. The zero-order valence-corrected chi connectivity index (χ0v) is 13.3. The molecule has 2 N–H and O–H groups in total. The summed E-state index contributed by atoms with van der Waals surface area (Å²) in [6, 6.07) is 0.425. The Balaban J connectivity index is 1.71. The van der Waals surface area contributed by atoms with Gasteiger partial charge in [-0.05, 0) is 43.6 Å². The molecule has 0 aromatic heterocycles. The van der Waals surface area contributed by atoms with Gasteiger partial charge in [0.15, 0.2) is 0 Å². The molecule has 1 aliphatic heterocycles. The molecule has 0 spiro atoms. The molecule has 0 radical (unpaired) electrons. The van der Waals surface area contributed by atoms with E-state index in [4.69, 9.17) is 0 Å².